The molecule has 0 spiro atoms. The van der Waals surface area contributed by atoms with Crippen molar-refractivity contribution in [1.82, 2.24) is 9.97 Å². The maximum Gasteiger partial charge on any atom is 0.240 e. The van der Waals surface area contributed by atoms with Crippen LogP contribution in [0.25, 0.3) is 0 Å². The number of anilines is 1. The number of hydrogen-bond acceptors (Lipinski definition) is 3. The summed E-state index contributed by atoms with van der Waals surface area (Å²) in [6.45, 7) is 0. The molecule has 12 heavy (non-hydrogen) atoms. The van der Waals surface area contributed by atoms with Crippen molar-refractivity contribution in [3.05, 3.63) is 18.3 Å². The summed E-state index contributed by atoms with van der Waals surface area (Å²) in [7, 11) is 0. The fraction of sp³-hybridized carbons (Fsp3) is 0.167. The van der Waals surface area contributed by atoms with Crippen molar-refractivity contribution in [3.8, 4) is 0 Å². The minimum atomic E-state index is -0.748. The molecule has 1 N–H and O–H groups in total. The molecule has 1 aromatic heterocycles. The molecule has 0 atom stereocenters. The van der Waals surface area contributed by atoms with Crippen LogP contribution in [0.5, 0.6) is 0 Å². The van der Waals surface area contributed by atoms with Crippen LogP contribution in [0.4, 0.5) is 10.2 Å². The van der Waals surface area contributed by atoms with Gasteiger partial charge in [-0.3, -0.25) is 9.78 Å². The lowest BCUT2D eigenvalue weighted by Gasteiger charge is -1.99. The Morgan fingerprint density at radius 2 is 2.42 bits per heavy atom. The molecule has 0 radical (unpaired) electrons. The molecule has 0 aliphatic rings. The monoisotopic (exact) mass is 189 g/mol. The SMILES string of the molecule is O=C(CCl)Nc1cncc(F)n1. The summed E-state index contributed by atoms with van der Waals surface area (Å²) < 4.78 is 12.4. The predicted molar refractivity (Wildman–Crippen MR) is 41.3 cm³/mol. The zero-order valence-electron chi connectivity index (χ0n) is 5.92. The lowest BCUT2D eigenvalue weighted by atomic mass is 10.6. The van der Waals surface area contributed by atoms with Gasteiger partial charge in [-0.25, -0.2) is 0 Å². The topological polar surface area (TPSA) is 54.9 Å². The van der Waals surface area contributed by atoms with E-state index in [9.17, 15) is 9.18 Å². The van der Waals surface area contributed by atoms with Crippen LogP contribution in [0.2, 0.25) is 0 Å². The number of carbonyl (C=O) groups is 1. The molecular weight excluding hydrogens is 185 g/mol. The molecule has 1 heterocycles. The van der Waals surface area contributed by atoms with E-state index in [0.717, 1.165) is 6.20 Å². The van der Waals surface area contributed by atoms with Crippen LogP contribution in [0, 0.1) is 5.95 Å². The van der Waals surface area contributed by atoms with Gasteiger partial charge in [-0.15, -0.1) is 11.6 Å². The van der Waals surface area contributed by atoms with Gasteiger partial charge in [0.15, 0.2) is 5.82 Å². The summed E-state index contributed by atoms with van der Waals surface area (Å²) in [6, 6.07) is 0. The van der Waals surface area contributed by atoms with Crippen molar-refractivity contribution >= 4 is 23.3 Å². The Balaban J connectivity index is 2.69. The Bertz CT molecular complexity index is 294. The highest BCUT2D eigenvalue weighted by molar-refractivity contribution is 6.28. The zero-order valence-corrected chi connectivity index (χ0v) is 6.68. The van der Waals surface area contributed by atoms with Crippen molar-refractivity contribution in [2.75, 3.05) is 11.2 Å². The molecule has 1 amide bonds. The molecule has 0 aromatic carbocycles. The van der Waals surface area contributed by atoms with Crippen LogP contribution >= 0.6 is 11.6 Å². The second-order valence-corrected chi connectivity index (χ2v) is 2.18. The molecule has 1 rings (SSSR count). The summed E-state index contributed by atoms with van der Waals surface area (Å²) in [5.41, 5.74) is 0. The Morgan fingerprint density at radius 3 is 3.00 bits per heavy atom. The predicted octanol–water partition coefficient (Wildman–Crippen LogP) is 0.793. The fourth-order valence-corrected chi connectivity index (χ4v) is 0.645. The van der Waals surface area contributed by atoms with Gasteiger partial charge in [0, 0.05) is 0 Å². The van der Waals surface area contributed by atoms with Gasteiger partial charge in [0.1, 0.15) is 5.88 Å². The number of hydrogen-bond donors (Lipinski definition) is 1. The van der Waals surface area contributed by atoms with Gasteiger partial charge < -0.3 is 5.32 Å². The van der Waals surface area contributed by atoms with Crippen molar-refractivity contribution in [2.45, 2.75) is 0 Å². The summed E-state index contributed by atoms with van der Waals surface area (Å²) in [5.74, 6) is -1.34. The average molecular weight is 190 g/mol. The molecule has 1 aromatic rings. The van der Waals surface area contributed by atoms with Gasteiger partial charge in [-0.2, -0.15) is 9.37 Å². The van der Waals surface area contributed by atoms with Gasteiger partial charge in [0.05, 0.1) is 12.4 Å². The molecule has 0 saturated heterocycles. The third kappa shape index (κ3) is 2.43. The molecule has 0 saturated carbocycles. The molecule has 0 unspecified atom stereocenters. The highest BCUT2D eigenvalue weighted by Gasteiger charge is 2.01. The molecule has 0 aliphatic carbocycles. The van der Waals surface area contributed by atoms with E-state index in [1.807, 2.05) is 0 Å². The quantitative estimate of drug-likeness (QED) is 0.700. The molecule has 0 fully saturated rings. The van der Waals surface area contributed by atoms with E-state index in [0.29, 0.717) is 0 Å². The van der Waals surface area contributed by atoms with Gasteiger partial charge in [-0.1, -0.05) is 0 Å². The summed E-state index contributed by atoms with van der Waals surface area (Å²) >= 11 is 5.19. The Labute approximate surface area is 72.8 Å². The lowest BCUT2D eigenvalue weighted by molar-refractivity contribution is -0.113. The second kappa shape index (κ2) is 3.96. The van der Waals surface area contributed by atoms with Gasteiger partial charge >= 0.3 is 0 Å². The van der Waals surface area contributed by atoms with E-state index in [-0.39, 0.29) is 11.7 Å². The first-order valence-electron chi connectivity index (χ1n) is 3.05. The third-order valence-electron chi connectivity index (χ3n) is 0.994. The maximum absolute atomic E-state index is 12.4. The van der Waals surface area contributed by atoms with Crippen LogP contribution in [0.15, 0.2) is 12.4 Å². The first-order valence-corrected chi connectivity index (χ1v) is 3.59. The first-order chi connectivity index (χ1) is 5.72. The van der Waals surface area contributed by atoms with Gasteiger partial charge in [0.2, 0.25) is 11.9 Å². The minimum absolute atomic E-state index is 0.0562. The van der Waals surface area contributed by atoms with Crippen molar-refractivity contribution in [3.63, 3.8) is 0 Å². The number of nitrogens with zero attached hydrogens (tertiary/aromatic N) is 2. The largest absolute Gasteiger partial charge is 0.308 e. The van der Waals surface area contributed by atoms with E-state index in [4.69, 9.17) is 11.6 Å². The molecule has 6 heteroatoms. The van der Waals surface area contributed by atoms with Crippen LogP contribution in [0.1, 0.15) is 0 Å². The van der Waals surface area contributed by atoms with Crippen molar-refractivity contribution in [1.29, 1.82) is 0 Å². The van der Waals surface area contributed by atoms with Gasteiger partial charge in [-0.05, 0) is 0 Å². The van der Waals surface area contributed by atoms with Crippen molar-refractivity contribution in [2.24, 2.45) is 0 Å². The van der Waals surface area contributed by atoms with E-state index in [1.165, 1.54) is 6.20 Å². The Kier molecular flexibility index (Phi) is 2.93. The normalized spacial score (nSPS) is 9.50. The maximum atomic E-state index is 12.4. The lowest BCUT2D eigenvalue weighted by Crippen LogP contribution is -2.14. The standard InChI is InChI=1S/C6H5ClFN3O/c7-1-6(12)11-5-3-9-2-4(8)10-5/h2-3H,1H2,(H,10,11,12). The van der Waals surface area contributed by atoms with E-state index in [1.54, 1.807) is 0 Å². The number of rotatable bonds is 2. The number of aromatic nitrogens is 2. The second-order valence-electron chi connectivity index (χ2n) is 1.91. The molecular formula is C6H5ClFN3O. The number of amides is 1. The average Bonchev–Trinajstić information content (AvgIpc) is 2.04. The highest BCUT2D eigenvalue weighted by atomic mass is 35.5. The van der Waals surface area contributed by atoms with Crippen molar-refractivity contribution < 1.29 is 9.18 Å². The molecule has 0 aliphatic heterocycles. The van der Waals surface area contributed by atoms with Crippen LogP contribution in [-0.2, 0) is 4.79 Å². The molecule has 0 bridgehead atoms. The Morgan fingerprint density at radius 1 is 1.67 bits per heavy atom. The van der Waals surface area contributed by atoms with Gasteiger partial charge in [0.25, 0.3) is 0 Å². The number of alkyl halides is 1. The molecule has 64 valence electrons. The number of nitrogens with one attached hydrogen (secondary N) is 1. The van der Waals surface area contributed by atoms with E-state index < -0.39 is 11.9 Å². The van der Waals surface area contributed by atoms with E-state index >= 15 is 0 Å². The van der Waals surface area contributed by atoms with Crippen LogP contribution in [-0.4, -0.2) is 21.8 Å². The van der Waals surface area contributed by atoms with Crippen LogP contribution in [0.3, 0.4) is 0 Å². The fourth-order valence-electron chi connectivity index (χ4n) is 0.579. The molecule has 4 nitrogen and oxygen atoms in total. The summed E-state index contributed by atoms with van der Waals surface area (Å²) in [6.07, 6.45) is 2.17. The Hall–Kier alpha value is -1.23. The number of carbonyl (C=O) groups excluding carboxylic acids is 1. The highest BCUT2D eigenvalue weighted by Crippen LogP contribution is 2.00. The van der Waals surface area contributed by atoms with E-state index in [2.05, 4.69) is 15.3 Å². The van der Waals surface area contributed by atoms with Crippen LogP contribution < -0.4 is 5.32 Å². The number of halogens is 2. The third-order valence-corrected chi connectivity index (χ3v) is 1.24. The zero-order chi connectivity index (χ0) is 8.97. The summed E-state index contributed by atoms with van der Waals surface area (Å²) in [5, 5.41) is 2.25. The first kappa shape index (κ1) is 8.86. The minimum Gasteiger partial charge on any atom is -0.308 e. The summed E-state index contributed by atoms with van der Waals surface area (Å²) in [4.78, 5) is 17.5. The smallest absolute Gasteiger partial charge is 0.240 e.